The fraction of sp³-hybridized carbons (Fsp3) is 0.357. The zero-order chi connectivity index (χ0) is 22.0. The van der Waals surface area contributed by atoms with Crippen molar-refractivity contribution in [2.75, 3.05) is 13.4 Å². The lowest BCUT2D eigenvalue weighted by Crippen LogP contribution is -2.21. The van der Waals surface area contributed by atoms with Gasteiger partial charge in [-0.2, -0.15) is 0 Å². The molecule has 0 radical (unpaired) electrons. The number of hydrogen-bond acceptors (Lipinski definition) is 3. The molecule has 0 atom stereocenters. The SMILES string of the molecule is CCC1(CC)CC=C(c2ccccc2-c2ccc(O)c3cc(SC)c(OC)cc23)CC1. The van der Waals surface area contributed by atoms with E-state index in [-0.39, 0.29) is 0 Å². The first-order valence-electron chi connectivity index (χ1n) is 11.2. The summed E-state index contributed by atoms with van der Waals surface area (Å²) in [5.41, 5.74) is 5.58. The van der Waals surface area contributed by atoms with Crippen molar-refractivity contribution in [2.45, 2.75) is 50.8 Å². The molecule has 1 aliphatic carbocycles. The molecule has 0 saturated heterocycles. The molecular weight excluding hydrogens is 400 g/mol. The van der Waals surface area contributed by atoms with Crippen molar-refractivity contribution < 1.29 is 9.84 Å². The number of methoxy groups -OCH3 is 1. The topological polar surface area (TPSA) is 29.5 Å². The second-order valence-electron chi connectivity index (χ2n) is 8.57. The summed E-state index contributed by atoms with van der Waals surface area (Å²) in [5.74, 6) is 1.15. The molecular formula is C28H32O2S. The van der Waals surface area contributed by atoms with Gasteiger partial charge >= 0.3 is 0 Å². The number of allylic oxidation sites excluding steroid dienone is 2. The third-order valence-corrected chi connectivity index (χ3v) is 8.03. The summed E-state index contributed by atoms with van der Waals surface area (Å²) in [6.07, 6.45) is 10.5. The van der Waals surface area contributed by atoms with Gasteiger partial charge in [0.2, 0.25) is 0 Å². The normalized spacial score (nSPS) is 15.7. The average Bonchev–Trinajstić information content (AvgIpc) is 2.83. The van der Waals surface area contributed by atoms with Crippen molar-refractivity contribution >= 4 is 28.1 Å². The Balaban J connectivity index is 1.87. The monoisotopic (exact) mass is 432 g/mol. The van der Waals surface area contributed by atoms with E-state index in [2.05, 4.69) is 50.3 Å². The van der Waals surface area contributed by atoms with Gasteiger partial charge in [-0.15, -0.1) is 11.8 Å². The molecule has 0 unspecified atom stereocenters. The second kappa shape index (κ2) is 9.00. The molecule has 1 aliphatic rings. The van der Waals surface area contributed by atoms with Crippen LogP contribution in [0.4, 0.5) is 0 Å². The van der Waals surface area contributed by atoms with Crippen molar-refractivity contribution in [1.29, 1.82) is 0 Å². The summed E-state index contributed by atoms with van der Waals surface area (Å²) < 4.78 is 5.66. The maximum absolute atomic E-state index is 10.6. The van der Waals surface area contributed by atoms with Gasteiger partial charge in [0, 0.05) is 10.3 Å². The van der Waals surface area contributed by atoms with Crippen LogP contribution in [0.5, 0.6) is 11.5 Å². The molecule has 0 heterocycles. The van der Waals surface area contributed by atoms with Crippen molar-refractivity contribution in [3.63, 3.8) is 0 Å². The molecule has 0 aromatic heterocycles. The number of phenolic OH excluding ortho intramolecular Hbond substituents is 1. The summed E-state index contributed by atoms with van der Waals surface area (Å²) in [5, 5.41) is 12.5. The lowest BCUT2D eigenvalue weighted by molar-refractivity contribution is 0.238. The van der Waals surface area contributed by atoms with Gasteiger partial charge in [0.05, 0.1) is 7.11 Å². The zero-order valence-electron chi connectivity index (χ0n) is 19.0. The van der Waals surface area contributed by atoms with E-state index in [9.17, 15) is 5.11 Å². The number of aromatic hydroxyl groups is 1. The molecule has 31 heavy (non-hydrogen) atoms. The third kappa shape index (κ3) is 3.96. The summed E-state index contributed by atoms with van der Waals surface area (Å²) in [6.45, 7) is 4.66. The third-order valence-electron chi connectivity index (χ3n) is 7.27. The van der Waals surface area contributed by atoms with E-state index < -0.39 is 0 Å². The number of phenols is 1. The quantitative estimate of drug-likeness (QED) is 0.397. The highest BCUT2D eigenvalue weighted by Crippen LogP contribution is 2.46. The first kappa shape index (κ1) is 21.8. The van der Waals surface area contributed by atoms with Crippen LogP contribution in [-0.4, -0.2) is 18.5 Å². The van der Waals surface area contributed by atoms with Crippen LogP contribution in [0.25, 0.3) is 27.5 Å². The number of ether oxygens (including phenoxy) is 1. The predicted octanol–water partition coefficient (Wildman–Crippen LogP) is 8.32. The van der Waals surface area contributed by atoms with E-state index in [1.807, 2.05) is 24.5 Å². The minimum absolute atomic E-state index is 0.307. The summed E-state index contributed by atoms with van der Waals surface area (Å²) in [4.78, 5) is 1.03. The summed E-state index contributed by atoms with van der Waals surface area (Å²) in [7, 11) is 1.71. The Morgan fingerprint density at radius 2 is 1.71 bits per heavy atom. The molecule has 2 nitrogen and oxygen atoms in total. The molecule has 0 fully saturated rings. The van der Waals surface area contributed by atoms with Gasteiger partial charge in [0.1, 0.15) is 11.5 Å². The van der Waals surface area contributed by atoms with Crippen molar-refractivity contribution in [1.82, 2.24) is 0 Å². The number of thioether (sulfide) groups is 1. The predicted molar refractivity (Wildman–Crippen MR) is 134 cm³/mol. The molecule has 0 bridgehead atoms. The highest BCUT2D eigenvalue weighted by Gasteiger charge is 2.29. The zero-order valence-corrected chi connectivity index (χ0v) is 19.8. The first-order chi connectivity index (χ1) is 15.1. The van der Waals surface area contributed by atoms with Crippen LogP contribution in [-0.2, 0) is 0 Å². The van der Waals surface area contributed by atoms with Crippen molar-refractivity contribution in [3.8, 4) is 22.6 Å². The fourth-order valence-electron chi connectivity index (χ4n) is 4.97. The van der Waals surface area contributed by atoms with Crippen LogP contribution in [0, 0.1) is 5.41 Å². The number of hydrogen-bond donors (Lipinski definition) is 1. The van der Waals surface area contributed by atoms with E-state index >= 15 is 0 Å². The van der Waals surface area contributed by atoms with Crippen molar-refractivity contribution in [2.24, 2.45) is 5.41 Å². The number of rotatable bonds is 6. The Bertz CT molecular complexity index is 1130. The molecule has 0 saturated carbocycles. The molecule has 3 aromatic carbocycles. The van der Waals surface area contributed by atoms with Gasteiger partial charge in [-0.25, -0.2) is 0 Å². The molecule has 0 spiro atoms. The van der Waals surface area contributed by atoms with Crippen LogP contribution < -0.4 is 4.74 Å². The van der Waals surface area contributed by atoms with Gasteiger partial charge in [0.25, 0.3) is 0 Å². The van der Waals surface area contributed by atoms with Crippen LogP contribution in [0.1, 0.15) is 51.5 Å². The Morgan fingerprint density at radius 3 is 2.32 bits per heavy atom. The Labute approximate surface area is 190 Å². The molecule has 0 amide bonds. The fourth-order valence-corrected chi connectivity index (χ4v) is 5.55. The second-order valence-corrected chi connectivity index (χ2v) is 9.42. The number of benzene rings is 3. The Hall–Kier alpha value is -2.39. The Morgan fingerprint density at radius 1 is 0.968 bits per heavy atom. The van der Waals surface area contributed by atoms with E-state index in [0.29, 0.717) is 11.2 Å². The minimum Gasteiger partial charge on any atom is -0.507 e. The standard InChI is InChI=1S/C28H32O2S/c1-5-28(6-2)15-13-19(14-16-28)20-9-7-8-10-21(20)22-11-12-25(29)24-18-27(31-4)26(30-3)17-23(22)24/h7-13,17-18,29H,5-6,14-16H2,1-4H3. The van der Waals surface area contributed by atoms with E-state index in [4.69, 9.17) is 4.74 Å². The van der Waals surface area contributed by atoms with E-state index in [1.54, 1.807) is 18.9 Å². The molecule has 3 heteroatoms. The van der Waals surface area contributed by atoms with E-state index in [0.717, 1.165) is 39.8 Å². The maximum Gasteiger partial charge on any atom is 0.133 e. The minimum atomic E-state index is 0.307. The maximum atomic E-state index is 10.6. The molecule has 1 N–H and O–H groups in total. The van der Waals surface area contributed by atoms with Crippen molar-refractivity contribution in [3.05, 3.63) is 60.2 Å². The summed E-state index contributed by atoms with van der Waals surface area (Å²) >= 11 is 1.63. The molecule has 0 aliphatic heterocycles. The van der Waals surface area contributed by atoms with Crippen LogP contribution >= 0.6 is 11.8 Å². The van der Waals surface area contributed by atoms with Gasteiger partial charge in [-0.05, 0) is 76.8 Å². The highest BCUT2D eigenvalue weighted by molar-refractivity contribution is 7.98. The largest absolute Gasteiger partial charge is 0.507 e. The van der Waals surface area contributed by atoms with Gasteiger partial charge in [0.15, 0.2) is 0 Å². The molecule has 162 valence electrons. The van der Waals surface area contributed by atoms with Crippen LogP contribution in [0.3, 0.4) is 0 Å². The van der Waals surface area contributed by atoms with E-state index in [1.165, 1.54) is 36.0 Å². The van der Waals surface area contributed by atoms with Gasteiger partial charge < -0.3 is 9.84 Å². The Kier molecular flexibility index (Phi) is 6.34. The highest BCUT2D eigenvalue weighted by atomic mass is 32.2. The molecule has 3 aromatic rings. The first-order valence-corrected chi connectivity index (χ1v) is 12.4. The summed E-state index contributed by atoms with van der Waals surface area (Å²) in [6, 6.07) is 16.7. The lowest BCUT2D eigenvalue weighted by Gasteiger charge is -2.35. The number of fused-ring (bicyclic) bond motifs is 1. The van der Waals surface area contributed by atoms with Gasteiger partial charge in [-0.3, -0.25) is 0 Å². The van der Waals surface area contributed by atoms with Gasteiger partial charge in [-0.1, -0.05) is 63.1 Å². The lowest BCUT2D eigenvalue weighted by atomic mass is 9.70. The molecule has 4 rings (SSSR count). The average molecular weight is 433 g/mol. The van der Waals surface area contributed by atoms with Crippen LogP contribution in [0.15, 0.2) is 59.5 Å². The smallest absolute Gasteiger partial charge is 0.133 e. The van der Waals surface area contributed by atoms with Crippen LogP contribution in [0.2, 0.25) is 0 Å².